The Balaban J connectivity index is 1.71. The predicted octanol–water partition coefficient (Wildman–Crippen LogP) is 5.91. The Morgan fingerprint density at radius 2 is 1.21 bits per heavy atom. The minimum absolute atomic E-state index is 0.117. The zero-order chi connectivity index (χ0) is 22.9. The first kappa shape index (κ1) is 19.9. The maximum absolute atomic E-state index is 13.7. The van der Waals surface area contributed by atoms with Crippen molar-refractivity contribution < 1.29 is 0 Å². The Bertz CT molecular complexity index is 1650. The third-order valence-corrected chi connectivity index (χ3v) is 5.80. The average Bonchev–Trinajstić information content (AvgIpc) is 3.36. The van der Waals surface area contributed by atoms with E-state index < -0.39 is 0 Å². The first-order valence-corrected chi connectivity index (χ1v) is 11.1. The lowest BCUT2D eigenvalue weighted by Crippen LogP contribution is -2.22. The van der Waals surface area contributed by atoms with Gasteiger partial charge in [-0.05, 0) is 42.5 Å². The summed E-state index contributed by atoms with van der Waals surface area (Å²) in [7, 11) is 0. The molecule has 6 rings (SSSR count). The molecule has 34 heavy (non-hydrogen) atoms. The third-order valence-electron chi connectivity index (χ3n) is 5.80. The van der Waals surface area contributed by atoms with Gasteiger partial charge in [0.1, 0.15) is 5.69 Å². The third kappa shape index (κ3) is 3.40. The van der Waals surface area contributed by atoms with Gasteiger partial charge in [0.2, 0.25) is 0 Å². The van der Waals surface area contributed by atoms with Crippen molar-refractivity contribution in [3.05, 3.63) is 132 Å². The number of benzene rings is 4. The first-order valence-electron chi connectivity index (χ1n) is 11.1. The van der Waals surface area contributed by atoms with Crippen LogP contribution in [0, 0.1) is 0 Å². The van der Waals surface area contributed by atoms with E-state index in [-0.39, 0.29) is 5.56 Å². The molecular formula is C29H20N4O. The molecule has 4 aromatic carbocycles. The molecule has 0 aliphatic heterocycles. The van der Waals surface area contributed by atoms with Gasteiger partial charge >= 0.3 is 0 Å². The summed E-state index contributed by atoms with van der Waals surface area (Å²) in [4.78, 5) is 18.7. The second-order valence-electron chi connectivity index (χ2n) is 7.96. The van der Waals surface area contributed by atoms with Gasteiger partial charge in [-0.2, -0.15) is 5.10 Å². The van der Waals surface area contributed by atoms with E-state index in [0.29, 0.717) is 16.7 Å². The molecule has 0 amide bonds. The van der Waals surface area contributed by atoms with E-state index in [1.165, 1.54) is 0 Å². The molecular weight excluding hydrogens is 420 g/mol. The van der Waals surface area contributed by atoms with Crippen LogP contribution in [0.4, 0.5) is 0 Å². The highest BCUT2D eigenvalue weighted by molar-refractivity contribution is 5.81. The summed E-state index contributed by atoms with van der Waals surface area (Å²) >= 11 is 0. The van der Waals surface area contributed by atoms with Crippen molar-refractivity contribution in [2.75, 3.05) is 0 Å². The van der Waals surface area contributed by atoms with Gasteiger partial charge in [-0.15, -0.1) is 0 Å². The monoisotopic (exact) mass is 440 g/mol. The molecule has 2 aromatic heterocycles. The van der Waals surface area contributed by atoms with E-state index in [4.69, 9.17) is 10.1 Å². The number of hydrogen-bond acceptors (Lipinski definition) is 3. The average molecular weight is 441 g/mol. The fourth-order valence-corrected chi connectivity index (χ4v) is 4.18. The SMILES string of the molecule is O=c1c2ccccc2nc(-c2cc(-c3ccccc3)nn2-c2ccccc2)n1-c1ccccc1. The smallest absolute Gasteiger partial charge is 0.266 e. The Kier molecular flexibility index (Phi) is 4.85. The molecule has 2 heterocycles. The van der Waals surface area contributed by atoms with Gasteiger partial charge in [-0.3, -0.25) is 9.36 Å². The number of fused-ring (bicyclic) bond motifs is 1. The number of hydrogen-bond donors (Lipinski definition) is 0. The van der Waals surface area contributed by atoms with Crippen LogP contribution in [0.2, 0.25) is 0 Å². The molecule has 0 bridgehead atoms. The lowest BCUT2D eigenvalue weighted by atomic mass is 10.1. The molecule has 0 aliphatic rings. The van der Waals surface area contributed by atoms with Crippen LogP contribution in [-0.4, -0.2) is 19.3 Å². The second kappa shape index (κ2) is 8.30. The number of aromatic nitrogens is 4. The standard InChI is InChI=1S/C29H20N4O/c34-29-24-18-10-11-19-25(24)30-28(32(29)22-14-6-2-7-15-22)27-20-26(21-12-4-1-5-13-21)31-33(27)23-16-8-3-9-17-23/h1-20H. The molecule has 5 heteroatoms. The summed E-state index contributed by atoms with van der Waals surface area (Å²) in [6.45, 7) is 0. The van der Waals surface area contributed by atoms with E-state index in [2.05, 4.69) is 0 Å². The summed E-state index contributed by atoms with van der Waals surface area (Å²) < 4.78 is 3.53. The Labute approximate surface area is 196 Å². The van der Waals surface area contributed by atoms with Crippen molar-refractivity contribution >= 4 is 10.9 Å². The fourth-order valence-electron chi connectivity index (χ4n) is 4.18. The van der Waals surface area contributed by atoms with Crippen LogP contribution in [0.5, 0.6) is 0 Å². The highest BCUT2D eigenvalue weighted by Crippen LogP contribution is 2.29. The normalized spacial score (nSPS) is 11.1. The molecule has 0 N–H and O–H groups in total. The molecule has 0 spiro atoms. The van der Waals surface area contributed by atoms with E-state index in [9.17, 15) is 4.79 Å². The molecule has 0 saturated heterocycles. The van der Waals surface area contributed by atoms with Crippen LogP contribution in [0.15, 0.2) is 126 Å². The van der Waals surface area contributed by atoms with Gasteiger partial charge in [0, 0.05) is 5.56 Å². The van der Waals surface area contributed by atoms with Gasteiger partial charge in [0.15, 0.2) is 5.82 Å². The Morgan fingerprint density at radius 1 is 0.618 bits per heavy atom. The summed E-state index contributed by atoms with van der Waals surface area (Å²) in [5.74, 6) is 0.536. The van der Waals surface area contributed by atoms with Crippen molar-refractivity contribution in [2.45, 2.75) is 0 Å². The molecule has 5 nitrogen and oxygen atoms in total. The maximum atomic E-state index is 13.7. The summed E-state index contributed by atoms with van der Waals surface area (Å²) in [6, 6.07) is 39.0. The Hall–Kier alpha value is -4.77. The van der Waals surface area contributed by atoms with E-state index in [0.717, 1.165) is 28.3 Å². The van der Waals surface area contributed by atoms with Crippen LogP contribution in [0.1, 0.15) is 0 Å². The number of nitrogens with zero attached hydrogens (tertiary/aromatic N) is 4. The van der Waals surface area contributed by atoms with Crippen molar-refractivity contribution in [1.82, 2.24) is 19.3 Å². The zero-order valence-electron chi connectivity index (χ0n) is 18.2. The van der Waals surface area contributed by atoms with E-state index in [1.54, 1.807) is 4.57 Å². The second-order valence-corrected chi connectivity index (χ2v) is 7.96. The molecule has 0 atom stereocenters. The summed E-state index contributed by atoms with van der Waals surface area (Å²) in [5, 5.41) is 5.51. The van der Waals surface area contributed by atoms with Crippen LogP contribution in [-0.2, 0) is 0 Å². The van der Waals surface area contributed by atoms with Crippen LogP contribution in [0.25, 0.3) is 45.1 Å². The lowest BCUT2D eigenvalue weighted by Gasteiger charge is -2.15. The molecule has 0 fully saturated rings. The lowest BCUT2D eigenvalue weighted by molar-refractivity contribution is 0.865. The quantitative estimate of drug-likeness (QED) is 0.343. The van der Waals surface area contributed by atoms with E-state index >= 15 is 0 Å². The predicted molar refractivity (Wildman–Crippen MR) is 135 cm³/mol. The van der Waals surface area contributed by atoms with Gasteiger partial charge in [-0.1, -0.05) is 78.9 Å². The van der Waals surface area contributed by atoms with Gasteiger partial charge < -0.3 is 0 Å². The Morgan fingerprint density at radius 3 is 1.91 bits per heavy atom. The van der Waals surface area contributed by atoms with E-state index in [1.807, 2.05) is 126 Å². The zero-order valence-corrected chi connectivity index (χ0v) is 18.2. The fraction of sp³-hybridized carbons (Fsp3) is 0. The van der Waals surface area contributed by atoms with Gasteiger partial charge in [0.05, 0.1) is 28.0 Å². The molecule has 162 valence electrons. The molecule has 6 aromatic rings. The minimum atomic E-state index is -0.117. The first-order chi connectivity index (χ1) is 16.8. The highest BCUT2D eigenvalue weighted by Gasteiger charge is 2.20. The van der Waals surface area contributed by atoms with Gasteiger partial charge in [-0.25, -0.2) is 9.67 Å². The minimum Gasteiger partial charge on any atom is -0.268 e. The number of rotatable bonds is 4. The highest BCUT2D eigenvalue weighted by atomic mass is 16.1. The van der Waals surface area contributed by atoms with Gasteiger partial charge in [0.25, 0.3) is 5.56 Å². The summed E-state index contributed by atoms with van der Waals surface area (Å²) in [6.07, 6.45) is 0. The molecule has 0 radical (unpaired) electrons. The topological polar surface area (TPSA) is 52.7 Å². The molecule has 0 aliphatic carbocycles. The largest absolute Gasteiger partial charge is 0.268 e. The van der Waals surface area contributed by atoms with Crippen molar-refractivity contribution in [2.24, 2.45) is 0 Å². The molecule has 0 unspecified atom stereocenters. The van der Waals surface area contributed by atoms with Crippen LogP contribution in [0.3, 0.4) is 0 Å². The summed E-state index contributed by atoms with van der Waals surface area (Å²) in [5.41, 5.74) is 4.71. The van der Waals surface area contributed by atoms with Crippen molar-refractivity contribution in [1.29, 1.82) is 0 Å². The van der Waals surface area contributed by atoms with Crippen molar-refractivity contribution in [3.8, 4) is 34.2 Å². The van der Waals surface area contributed by atoms with Crippen LogP contribution >= 0.6 is 0 Å². The van der Waals surface area contributed by atoms with Crippen molar-refractivity contribution in [3.63, 3.8) is 0 Å². The van der Waals surface area contributed by atoms with Crippen LogP contribution < -0.4 is 5.56 Å². The maximum Gasteiger partial charge on any atom is 0.266 e. The number of para-hydroxylation sites is 3. The molecule has 0 saturated carbocycles.